The first-order valence-corrected chi connectivity index (χ1v) is 7.91. The maximum absolute atomic E-state index is 12.0. The number of ether oxygens (including phenoxy) is 1. The third-order valence-electron chi connectivity index (χ3n) is 3.21. The van der Waals surface area contributed by atoms with Crippen LogP contribution in [0.25, 0.3) is 0 Å². The van der Waals surface area contributed by atoms with E-state index in [1.54, 1.807) is 0 Å². The normalized spacial score (nSPS) is 14.0. The van der Waals surface area contributed by atoms with E-state index in [0.717, 1.165) is 16.3 Å². The minimum absolute atomic E-state index is 0.0716. The number of benzene rings is 1. The summed E-state index contributed by atoms with van der Waals surface area (Å²) >= 11 is 1.48. The standard InChI is InChI=1S/C15H17N3O2S/c1-2-20-12-7-3-10(4-8-12)9-13(19)16-15-18-17-14(21-15)11-5-6-11/h3-4,7-8,11H,2,5-6,9H2,1H3,(H,16,18,19). The highest BCUT2D eigenvalue weighted by atomic mass is 32.1. The van der Waals surface area contributed by atoms with Crippen LogP contribution < -0.4 is 10.1 Å². The van der Waals surface area contributed by atoms with Gasteiger partial charge >= 0.3 is 0 Å². The summed E-state index contributed by atoms with van der Waals surface area (Å²) in [5.41, 5.74) is 0.947. The van der Waals surface area contributed by atoms with Crippen molar-refractivity contribution in [1.82, 2.24) is 10.2 Å². The second-order valence-corrected chi connectivity index (χ2v) is 6.03. The van der Waals surface area contributed by atoms with E-state index in [1.165, 1.54) is 24.2 Å². The van der Waals surface area contributed by atoms with Crippen molar-refractivity contribution in [3.8, 4) is 5.75 Å². The van der Waals surface area contributed by atoms with E-state index in [9.17, 15) is 4.79 Å². The van der Waals surface area contributed by atoms with Crippen molar-refractivity contribution in [3.63, 3.8) is 0 Å². The molecule has 1 aliphatic rings. The van der Waals surface area contributed by atoms with Crippen LogP contribution in [0.3, 0.4) is 0 Å². The number of nitrogens with one attached hydrogen (secondary N) is 1. The zero-order chi connectivity index (χ0) is 14.7. The molecule has 5 nitrogen and oxygen atoms in total. The number of aromatic nitrogens is 2. The molecule has 0 aliphatic heterocycles. The number of anilines is 1. The van der Waals surface area contributed by atoms with Crippen molar-refractivity contribution in [2.24, 2.45) is 0 Å². The molecular formula is C15H17N3O2S. The van der Waals surface area contributed by atoms with Crippen LogP contribution in [0.5, 0.6) is 5.75 Å². The van der Waals surface area contributed by atoms with Crippen molar-refractivity contribution >= 4 is 22.4 Å². The Balaban J connectivity index is 1.55. The number of carbonyl (C=O) groups is 1. The summed E-state index contributed by atoms with van der Waals surface area (Å²) in [6.07, 6.45) is 2.70. The van der Waals surface area contributed by atoms with Gasteiger partial charge in [-0.25, -0.2) is 0 Å². The Bertz CT molecular complexity index is 620. The Hall–Kier alpha value is -1.95. The fourth-order valence-corrected chi connectivity index (χ4v) is 2.93. The zero-order valence-electron chi connectivity index (χ0n) is 11.8. The lowest BCUT2D eigenvalue weighted by Crippen LogP contribution is -2.14. The molecule has 1 fully saturated rings. The molecule has 1 saturated carbocycles. The maximum atomic E-state index is 12.0. The molecular weight excluding hydrogens is 286 g/mol. The predicted molar refractivity (Wildman–Crippen MR) is 81.8 cm³/mol. The number of hydrogen-bond donors (Lipinski definition) is 1. The molecule has 0 saturated heterocycles. The van der Waals surface area contributed by atoms with Crippen LogP contribution in [0.2, 0.25) is 0 Å². The number of rotatable bonds is 6. The van der Waals surface area contributed by atoms with Crippen LogP contribution in [-0.4, -0.2) is 22.7 Å². The van der Waals surface area contributed by atoms with Crippen LogP contribution in [-0.2, 0) is 11.2 Å². The molecule has 0 spiro atoms. The van der Waals surface area contributed by atoms with Gasteiger partial charge in [0.15, 0.2) is 0 Å². The van der Waals surface area contributed by atoms with Crippen molar-refractivity contribution in [1.29, 1.82) is 0 Å². The van der Waals surface area contributed by atoms with Crippen LogP contribution in [0, 0.1) is 0 Å². The Morgan fingerprint density at radius 1 is 1.33 bits per heavy atom. The molecule has 1 aromatic carbocycles. The van der Waals surface area contributed by atoms with Crippen LogP contribution in [0.1, 0.15) is 36.3 Å². The quantitative estimate of drug-likeness (QED) is 0.891. The Morgan fingerprint density at radius 3 is 2.76 bits per heavy atom. The zero-order valence-corrected chi connectivity index (χ0v) is 12.7. The molecule has 0 radical (unpaired) electrons. The van der Waals surface area contributed by atoms with E-state index >= 15 is 0 Å². The average molecular weight is 303 g/mol. The van der Waals surface area contributed by atoms with E-state index < -0.39 is 0 Å². The van der Waals surface area contributed by atoms with E-state index in [-0.39, 0.29) is 5.91 Å². The van der Waals surface area contributed by atoms with Gasteiger partial charge in [-0.05, 0) is 37.5 Å². The van der Waals surface area contributed by atoms with E-state index in [1.807, 2.05) is 31.2 Å². The fraction of sp³-hybridized carbons (Fsp3) is 0.400. The number of carbonyl (C=O) groups excluding carboxylic acids is 1. The molecule has 0 unspecified atom stereocenters. The molecule has 1 heterocycles. The first kappa shape index (κ1) is 14.0. The van der Waals surface area contributed by atoms with E-state index in [2.05, 4.69) is 15.5 Å². The minimum atomic E-state index is -0.0716. The smallest absolute Gasteiger partial charge is 0.230 e. The summed E-state index contributed by atoms with van der Waals surface area (Å²) in [5.74, 6) is 1.32. The molecule has 1 amide bonds. The van der Waals surface area contributed by atoms with Gasteiger partial charge in [0.1, 0.15) is 10.8 Å². The van der Waals surface area contributed by atoms with Crippen LogP contribution in [0.15, 0.2) is 24.3 Å². The van der Waals surface area contributed by atoms with Gasteiger partial charge in [0, 0.05) is 5.92 Å². The van der Waals surface area contributed by atoms with Gasteiger partial charge in [0.2, 0.25) is 11.0 Å². The summed E-state index contributed by atoms with van der Waals surface area (Å²) in [5, 5.41) is 12.6. The van der Waals surface area contributed by atoms with Gasteiger partial charge in [-0.15, -0.1) is 10.2 Å². The molecule has 0 atom stereocenters. The predicted octanol–water partition coefficient (Wildman–Crippen LogP) is 3.00. The largest absolute Gasteiger partial charge is 0.494 e. The molecule has 0 bridgehead atoms. The first-order valence-electron chi connectivity index (χ1n) is 7.09. The maximum Gasteiger partial charge on any atom is 0.230 e. The second kappa shape index (κ2) is 6.22. The summed E-state index contributed by atoms with van der Waals surface area (Å²) in [7, 11) is 0. The number of amides is 1. The first-order chi connectivity index (χ1) is 10.2. The minimum Gasteiger partial charge on any atom is -0.494 e. The van der Waals surface area contributed by atoms with Gasteiger partial charge in [-0.1, -0.05) is 23.5 Å². The molecule has 2 aromatic rings. The molecule has 1 N–H and O–H groups in total. The fourth-order valence-electron chi connectivity index (χ4n) is 2.00. The van der Waals surface area contributed by atoms with Crippen LogP contribution in [0.4, 0.5) is 5.13 Å². The highest BCUT2D eigenvalue weighted by molar-refractivity contribution is 7.15. The Labute approximate surface area is 127 Å². The molecule has 110 valence electrons. The average Bonchev–Trinajstić information content (AvgIpc) is 3.22. The summed E-state index contributed by atoms with van der Waals surface area (Å²) in [6, 6.07) is 7.56. The highest BCUT2D eigenvalue weighted by Crippen LogP contribution is 2.42. The number of hydrogen-bond acceptors (Lipinski definition) is 5. The summed E-state index contributed by atoms with van der Waals surface area (Å²) in [6.45, 7) is 2.58. The monoisotopic (exact) mass is 303 g/mol. The second-order valence-electron chi connectivity index (χ2n) is 5.02. The van der Waals surface area contributed by atoms with Gasteiger partial charge < -0.3 is 10.1 Å². The van der Waals surface area contributed by atoms with Crippen molar-refractivity contribution in [3.05, 3.63) is 34.8 Å². The SMILES string of the molecule is CCOc1ccc(CC(=O)Nc2nnc(C3CC3)s2)cc1. The van der Waals surface area contributed by atoms with Gasteiger partial charge in [0.25, 0.3) is 0 Å². The molecule has 1 aromatic heterocycles. The molecule has 21 heavy (non-hydrogen) atoms. The summed E-state index contributed by atoms with van der Waals surface area (Å²) in [4.78, 5) is 12.0. The number of nitrogens with zero attached hydrogens (tertiary/aromatic N) is 2. The topological polar surface area (TPSA) is 64.1 Å². The lowest BCUT2D eigenvalue weighted by molar-refractivity contribution is -0.115. The third kappa shape index (κ3) is 3.78. The Morgan fingerprint density at radius 2 is 2.10 bits per heavy atom. The van der Waals surface area contributed by atoms with Crippen molar-refractivity contribution in [2.45, 2.75) is 32.1 Å². The van der Waals surface area contributed by atoms with Gasteiger partial charge in [-0.3, -0.25) is 4.79 Å². The molecule has 3 rings (SSSR count). The van der Waals surface area contributed by atoms with Crippen molar-refractivity contribution < 1.29 is 9.53 Å². The van der Waals surface area contributed by atoms with E-state index in [4.69, 9.17) is 4.74 Å². The summed E-state index contributed by atoms with van der Waals surface area (Å²) < 4.78 is 5.38. The van der Waals surface area contributed by atoms with Crippen molar-refractivity contribution in [2.75, 3.05) is 11.9 Å². The highest BCUT2D eigenvalue weighted by Gasteiger charge is 2.27. The lowest BCUT2D eigenvalue weighted by atomic mass is 10.1. The van der Waals surface area contributed by atoms with Gasteiger partial charge in [0.05, 0.1) is 13.0 Å². The van der Waals surface area contributed by atoms with Crippen LogP contribution >= 0.6 is 11.3 Å². The van der Waals surface area contributed by atoms with Gasteiger partial charge in [-0.2, -0.15) is 0 Å². The third-order valence-corrected chi connectivity index (χ3v) is 4.21. The van der Waals surface area contributed by atoms with E-state index in [0.29, 0.717) is 24.1 Å². The molecule has 1 aliphatic carbocycles. The lowest BCUT2D eigenvalue weighted by Gasteiger charge is -2.04. The Kier molecular flexibility index (Phi) is 4.15. The molecule has 6 heteroatoms.